The van der Waals surface area contributed by atoms with Crippen molar-refractivity contribution in [1.82, 2.24) is 10.6 Å². The zero-order valence-corrected chi connectivity index (χ0v) is 11.3. The van der Waals surface area contributed by atoms with Gasteiger partial charge in [0.05, 0.1) is 6.10 Å². The summed E-state index contributed by atoms with van der Waals surface area (Å²) in [5, 5.41) is 6.63. The van der Waals surface area contributed by atoms with E-state index in [1.165, 1.54) is 19.3 Å². The van der Waals surface area contributed by atoms with Crippen LogP contribution in [0.15, 0.2) is 4.99 Å². The summed E-state index contributed by atoms with van der Waals surface area (Å²) in [4.78, 5) is 4.52. The van der Waals surface area contributed by atoms with Crippen molar-refractivity contribution in [3.8, 4) is 0 Å². The maximum absolute atomic E-state index is 5.59. The summed E-state index contributed by atoms with van der Waals surface area (Å²) in [6.07, 6.45) is 6.32. The van der Waals surface area contributed by atoms with Crippen LogP contribution in [-0.4, -0.2) is 38.3 Å². The van der Waals surface area contributed by atoms with E-state index in [-0.39, 0.29) is 0 Å². The van der Waals surface area contributed by atoms with E-state index in [1.54, 1.807) is 0 Å². The molecule has 4 nitrogen and oxygen atoms in total. The van der Waals surface area contributed by atoms with Crippen molar-refractivity contribution in [2.45, 2.75) is 52.1 Å². The number of hydrogen-bond acceptors (Lipinski definition) is 2. The maximum Gasteiger partial charge on any atom is 0.191 e. The van der Waals surface area contributed by atoms with E-state index in [0.29, 0.717) is 6.10 Å². The Morgan fingerprint density at radius 2 is 2.24 bits per heavy atom. The van der Waals surface area contributed by atoms with E-state index in [0.717, 1.165) is 45.0 Å². The van der Waals surface area contributed by atoms with Crippen LogP contribution in [0.25, 0.3) is 0 Å². The number of aliphatic imine (C=N–C) groups is 1. The molecule has 2 N–H and O–H groups in total. The van der Waals surface area contributed by atoms with Crippen LogP contribution in [-0.2, 0) is 4.74 Å². The minimum Gasteiger partial charge on any atom is -0.378 e. The third kappa shape index (κ3) is 6.51. The Morgan fingerprint density at radius 3 is 2.88 bits per heavy atom. The van der Waals surface area contributed by atoms with Gasteiger partial charge in [-0.15, -0.1) is 0 Å². The second kappa shape index (κ2) is 9.28. The number of unbranched alkanes of at least 4 members (excludes halogenated alkanes) is 1. The Kier molecular flexibility index (Phi) is 7.80. The van der Waals surface area contributed by atoms with Crippen molar-refractivity contribution in [1.29, 1.82) is 0 Å². The summed E-state index contributed by atoms with van der Waals surface area (Å²) in [5.41, 5.74) is 0. The molecule has 4 heteroatoms. The average Bonchev–Trinajstić information content (AvgIpc) is 2.82. The van der Waals surface area contributed by atoms with E-state index >= 15 is 0 Å². The lowest BCUT2D eigenvalue weighted by molar-refractivity contribution is 0.105. The quantitative estimate of drug-likeness (QED) is 0.406. The summed E-state index contributed by atoms with van der Waals surface area (Å²) in [7, 11) is 0. The normalized spacial score (nSPS) is 20.6. The van der Waals surface area contributed by atoms with Crippen molar-refractivity contribution in [3.63, 3.8) is 0 Å². The molecule has 1 aliphatic rings. The molecule has 17 heavy (non-hydrogen) atoms. The molecule has 0 amide bonds. The van der Waals surface area contributed by atoms with Crippen LogP contribution in [0.1, 0.15) is 46.0 Å². The number of hydrogen-bond donors (Lipinski definition) is 2. The van der Waals surface area contributed by atoms with Crippen molar-refractivity contribution >= 4 is 5.96 Å². The molecule has 0 aliphatic carbocycles. The highest BCUT2D eigenvalue weighted by atomic mass is 16.5. The monoisotopic (exact) mass is 241 g/mol. The van der Waals surface area contributed by atoms with Crippen LogP contribution in [0.4, 0.5) is 0 Å². The average molecular weight is 241 g/mol. The first-order chi connectivity index (χ1) is 8.36. The first kappa shape index (κ1) is 14.3. The van der Waals surface area contributed by atoms with E-state index in [1.807, 2.05) is 0 Å². The predicted octanol–water partition coefficient (Wildman–Crippen LogP) is 1.91. The van der Waals surface area contributed by atoms with Gasteiger partial charge < -0.3 is 15.4 Å². The maximum atomic E-state index is 5.59. The van der Waals surface area contributed by atoms with Crippen LogP contribution < -0.4 is 10.6 Å². The van der Waals surface area contributed by atoms with Gasteiger partial charge in [-0.05, 0) is 32.6 Å². The highest BCUT2D eigenvalue weighted by Gasteiger charge is 2.14. The fraction of sp³-hybridized carbons (Fsp3) is 0.923. The van der Waals surface area contributed by atoms with Gasteiger partial charge in [0.1, 0.15) is 0 Å². The Bertz CT molecular complexity index is 213. The molecule has 0 bridgehead atoms. The SMILES string of the molecule is CCCCN=C(NCC)NCCC1CCCO1. The third-order valence-electron chi connectivity index (χ3n) is 2.91. The van der Waals surface area contributed by atoms with Crippen LogP contribution in [0.5, 0.6) is 0 Å². The lowest BCUT2D eigenvalue weighted by Gasteiger charge is -2.13. The molecule has 0 aromatic carbocycles. The fourth-order valence-corrected chi connectivity index (χ4v) is 1.91. The smallest absolute Gasteiger partial charge is 0.191 e. The van der Waals surface area contributed by atoms with Gasteiger partial charge in [0.25, 0.3) is 0 Å². The van der Waals surface area contributed by atoms with Crippen molar-refractivity contribution < 1.29 is 4.74 Å². The van der Waals surface area contributed by atoms with Gasteiger partial charge in [-0.3, -0.25) is 4.99 Å². The van der Waals surface area contributed by atoms with Crippen LogP contribution in [0.2, 0.25) is 0 Å². The number of ether oxygens (including phenoxy) is 1. The van der Waals surface area contributed by atoms with E-state index < -0.39 is 0 Å². The second-order valence-corrected chi connectivity index (χ2v) is 4.46. The van der Waals surface area contributed by atoms with E-state index in [2.05, 4.69) is 29.5 Å². The van der Waals surface area contributed by atoms with Crippen molar-refractivity contribution in [2.24, 2.45) is 4.99 Å². The summed E-state index contributed by atoms with van der Waals surface area (Å²) >= 11 is 0. The summed E-state index contributed by atoms with van der Waals surface area (Å²) < 4.78 is 5.59. The molecule has 1 aliphatic heterocycles. The van der Waals surface area contributed by atoms with E-state index in [9.17, 15) is 0 Å². The molecule has 1 rings (SSSR count). The van der Waals surface area contributed by atoms with Gasteiger partial charge in [0.2, 0.25) is 0 Å². The summed E-state index contributed by atoms with van der Waals surface area (Å²) in [5.74, 6) is 0.943. The zero-order chi connectivity index (χ0) is 12.3. The van der Waals surface area contributed by atoms with Crippen molar-refractivity contribution in [2.75, 3.05) is 26.2 Å². The molecule has 1 fully saturated rings. The molecule has 1 saturated heterocycles. The topological polar surface area (TPSA) is 45.7 Å². The molecule has 0 aromatic heterocycles. The molecule has 0 radical (unpaired) electrons. The second-order valence-electron chi connectivity index (χ2n) is 4.46. The molecule has 0 saturated carbocycles. The Hall–Kier alpha value is -0.770. The van der Waals surface area contributed by atoms with Gasteiger partial charge in [0, 0.05) is 26.2 Å². The highest BCUT2D eigenvalue weighted by molar-refractivity contribution is 5.79. The molecule has 1 unspecified atom stereocenters. The molecule has 100 valence electrons. The summed E-state index contributed by atoms with van der Waals surface area (Å²) in [6.45, 7) is 7.99. The zero-order valence-electron chi connectivity index (χ0n) is 11.3. The van der Waals surface area contributed by atoms with E-state index in [4.69, 9.17) is 4.74 Å². The van der Waals surface area contributed by atoms with Gasteiger partial charge in [-0.2, -0.15) is 0 Å². The van der Waals surface area contributed by atoms with Gasteiger partial charge in [0.15, 0.2) is 5.96 Å². The minimum absolute atomic E-state index is 0.459. The molecular weight excluding hydrogens is 214 g/mol. The van der Waals surface area contributed by atoms with Gasteiger partial charge in [-0.1, -0.05) is 13.3 Å². The van der Waals surface area contributed by atoms with Crippen molar-refractivity contribution in [3.05, 3.63) is 0 Å². The van der Waals surface area contributed by atoms with Crippen LogP contribution >= 0.6 is 0 Å². The van der Waals surface area contributed by atoms with Crippen LogP contribution in [0, 0.1) is 0 Å². The fourth-order valence-electron chi connectivity index (χ4n) is 1.91. The lowest BCUT2D eigenvalue weighted by Crippen LogP contribution is -2.38. The molecule has 0 spiro atoms. The van der Waals surface area contributed by atoms with Gasteiger partial charge >= 0.3 is 0 Å². The Morgan fingerprint density at radius 1 is 1.35 bits per heavy atom. The largest absolute Gasteiger partial charge is 0.378 e. The molecule has 1 heterocycles. The van der Waals surface area contributed by atoms with Crippen LogP contribution in [0.3, 0.4) is 0 Å². The Labute approximate surface area is 105 Å². The standard InChI is InChI=1S/C13H27N3O/c1-3-5-9-15-13(14-4-2)16-10-8-12-7-6-11-17-12/h12H,3-11H2,1-2H3,(H2,14,15,16). The lowest BCUT2D eigenvalue weighted by atomic mass is 10.2. The molecule has 0 aromatic rings. The summed E-state index contributed by atoms with van der Waals surface area (Å²) in [6, 6.07) is 0. The number of nitrogens with one attached hydrogen (secondary N) is 2. The number of guanidine groups is 1. The molecule has 1 atom stereocenters. The Balaban J connectivity index is 2.15. The van der Waals surface area contributed by atoms with Gasteiger partial charge in [-0.25, -0.2) is 0 Å². The first-order valence-electron chi connectivity index (χ1n) is 7.00. The number of nitrogens with zero attached hydrogens (tertiary/aromatic N) is 1. The predicted molar refractivity (Wildman–Crippen MR) is 72.5 cm³/mol. The molecular formula is C13H27N3O. The number of rotatable bonds is 7. The minimum atomic E-state index is 0.459. The highest BCUT2D eigenvalue weighted by Crippen LogP contribution is 2.14. The first-order valence-corrected chi connectivity index (χ1v) is 7.00. The third-order valence-corrected chi connectivity index (χ3v) is 2.91.